The molecule has 0 aromatic heterocycles. The molecule has 4 nitrogen and oxygen atoms in total. The highest BCUT2D eigenvalue weighted by Gasteiger charge is 2.44. The van der Waals surface area contributed by atoms with Crippen molar-refractivity contribution in [1.29, 1.82) is 0 Å². The van der Waals surface area contributed by atoms with E-state index < -0.39 is 5.41 Å². The van der Waals surface area contributed by atoms with Gasteiger partial charge in [0.25, 0.3) is 0 Å². The number of nitrogens with zero attached hydrogens (tertiary/aromatic N) is 1. The first-order chi connectivity index (χ1) is 10.9. The monoisotopic (exact) mass is 329 g/mol. The molecule has 1 unspecified atom stereocenters. The summed E-state index contributed by atoms with van der Waals surface area (Å²) in [6.45, 7) is 11.9. The van der Waals surface area contributed by atoms with Crippen molar-refractivity contribution in [2.75, 3.05) is 0 Å². The van der Waals surface area contributed by atoms with Gasteiger partial charge in [-0.05, 0) is 11.0 Å². The van der Waals surface area contributed by atoms with Crippen LogP contribution in [0.2, 0.25) is 0 Å². The van der Waals surface area contributed by atoms with E-state index >= 15 is 0 Å². The van der Waals surface area contributed by atoms with Crippen LogP contribution in [0.25, 0.3) is 0 Å². The predicted octanol–water partition coefficient (Wildman–Crippen LogP) is 3.84. The van der Waals surface area contributed by atoms with Crippen molar-refractivity contribution >= 4 is 17.6 Å². The third-order valence-electron chi connectivity index (χ3n) is 4.53. The lowest BCUT2D eigenvalue weighted by atomic mass is 9.80. The number of likely N-dealkylation sites (tertiary alicyclic amines) is 1. The zero-order chi connectivity index (χ0) is 18.3. The summed E-state index contributed by atoms with van der Waals surface area (Å²) in [6.07, 6.45) is 0.281. The minimum absolute atomic E-state index is 0.0789. The fourth-order valence-corrected chi connectivity index (χ4v) is 2.90. The lowest BCUT2D eigenvalue weighted by Gasteiger charge is -2.25. The average molecular weight is 329 g/mol. The number of rotatable bonds is 3. The number of hydrogen-bond donors (Lipinski definition) is 0. The number of carbonyl (C=O) groups is 3. The topological polar surface area (TPSA) is 54.5 Å². The number of carbonyl (C=O) groups excluding carboxylic acids is 3. The quantitative estimate of drug-likeness (QED) is 0.625. The van der Waals surface area contributed by atoms with Gasteiger partial charge < -0.3 is 0 Å². The molecule has 1 aromatic carbocycles. The molecule has 0 radical (unpaired) electrons. The van der Waals surface area contributed by atoms with Crippen molar-refractivity contribution in [3.05, 3.63) is 35.4 Å². The van der Waals surface area contributed by atoms with Crippen LogP contribution < -0.4 is 0 Å². The van der Waals surface area contributed by atoms with Crippen molar-refractivity contribution in [3.8, 4) is 0 Å². The van der Waals surface area contributed by atoms with Gasteiger partial charge in [0, 0.05) is 17.4 Å². The van der Waals surface area contributed by atoms with Gasteiger partial charge in [-0.1, -0.05) is 65.8 Å². The van der Waals surface area contributed by atoms with Gasteiger partial charge in [0.2, 0.25) is 11.8 Å². The molecular formula is C20H27NO3. The lowest BCUT2D eigenvalue weighted by molar-refractivity contribution is -0.141. The van der Waals surface area contributed by atoms with Crippen LogP contribution in [0.5, 0.6) is 0 Å². The summed E-state index contributed by atoms with van der Waals surface area (Å²) in [4.78, 5) is 38.3. The maximum absolute atomic E-state index is 12.5. The molecule has 24 heavy (non-hydrogen) atoms. The standard InChI is InChI=1S/C20H27NO3/c1-19(2,3)15-11-16(22)21(18(15)24)12-13-7-9-14(10-8-13)17(23)20(4,5)6/h7-10,15H,11-12H2,1-6H3. The molecule has 1 fully saturated rings. The first kappa shape index (κ1) is 18.4. The molecule has 1 aliphatic heterocycles. The van der Waals surface area contributed by atoms with Gasteiger partial charge in [-0.2, -0.15) is 0 Å². The summed E-state index contributed by atoms with van der Waals surface area (Å²) in [6, 6.07) is 7.19. The highest BCUT2D eigenvalue weighted by molar-refractivity contribution is 6.04. The first-order valence-electron chi connectivity index (χ1n) is 8.39. The van der Waals surface area contributed by atoms with E-state index in [0.717, 1.165) is 5.56 Å². The molecule has 1 aliphatic rings. The highest BCUT2D eigenvalue weighted by Crippen LogP contribution is 2.36. The van der Waals surface area contributed by atoms with E-state index in [4.69, 9.17) is 0 Å². The Labute approximate surface area is 144 Å². The zero-order valence-electron chi connectivity index (χ0n) is 15.5. The molecule has 0 bridgehead atoms. The Hall–Kier alpha value is -1.97. The van der Waals surface area contributed by atoms with E-state index in [1.165, 1.54) is 4.90 Å². The van der Waals surface area contributed by atoms with Gasteiger partial charge in [0.15, 0.2) is 5.78 Å². The first-order valence-corrected chi connectivity index (χ1v) is 8.39. The van der Waals surface area contributed by atoms with Crippen molar-refractivity contribution in [2.24, 2.45) is 16.7 Å². The molecule has 1 aromatic rings. The number of Topliss-reactive ketones (excluding diaryl/α,β-unsaturated/α-hetero) is 1. The molecule has 1 saturated heterocycles. The average Bonchev–Trinajstić information content (AvgIpc) is 2.74. The van der Waals surface area contributed by atoms with Crippen molar-refractivity contribution < 1.29 is 14.4 Å². The van der Waals surface area contributed by atoms with Crippen LogP contribution in [-0.4, -0.2) is 22.5 Å². The lowest BCUT2D eigenvalue weighted by Crippen LogP contribution is -2.33. The van der Waals surface area contributed by atoms with Crippen LogP contribution in [0.1, 0.15) is 63.9 Å². The molecule has 2 amide bonds. The fraction of sp³-hybridized carbons (Fsp3) is 0.550. The van der Waals surface area contributed by atoms with Crippen LogP contribution in [0.15, 0.2) is 24.3 Å². The molecule has 4 heteroatoms. The summed E-state index contributed by atoms with van der Waals surface area (Å²) in [5.41, 5.74) is 0.863. The second kappa shape index (κ2) is 6.15. The summed E-state index contributed by atoms with van der Waals surface area (Å²) in [7, 11) is 0. The Morgan fingerprint density at radius 2 is 1.58 bits per heavy atom. The SMILES string of the molecule is CC(C)(C)C(=O)c1ccc(CN2C(=O)CC(C(C)(C)C)C2=O)cc1. The van der Waals surface area contributed by atoms with E-state index in [9.17, 15) is 14.4 Å². The van der Waals surface area contributed by atoms with Gasteiger partial charge >= 0.3 is 0 Å². The summed E-state index contributed by atoms with van der Waals surface area (Å²) in [5, 5.41) is 0. The van der Waals surface area contributed by atoms with Crippen LogP contribution in [0.4, 0.5) is 0 Å². The maximum Gasteiger partial charge on any atom is 0.233 e. The number of benzene rings is 1. The Morgan fingerprint density at radius 3 is 2.00 bits per heavy atom. The van der Waals surface area contributed by atoms with Crippen molar-refractivity contribution in [2.45, 2.75) is 54.5 Å². The minimum Gasteiger partial charge on any atom is -0.294 e. The fourth-order valence-electron chi connectivity index (χ4n) is 2.90. The molecular weight excluding hydrogens is 302 g/mol. The van der Waals surface area contributed by atoms with E-state index in [1.807, 2.05) is 53.7 Å². The van der Waals surface area contributed by atoms with Gasteiger partial charge in [0.05, 0.1) is 12.5 Å². The second-order valence-corrected chi connectivity index (χ2v) is 8.72. The Kier molecular flexibility index (Phi) is 4.71. The third kappa shape index (κ3) is 3.74. The minimum atomic E-state index is -0.428. The predicted molar refractivity (Wildman–Crippen MR) is 93.3 cm³/mol. The van der Waals surface area contributed by atoms with Crippen molar-refractivity contribution in [3.63, 3.8) is 0 Å². The molecule has 1 atom stereocenters. The van der Waals surface area contributed by atoms with Crippen LogP contribution in [-0.2, 0) is 16.1 Å². The summed E-state index contributed by atoms with van der Waals surface area (Å²) in [5.74, 6) is -0.390. The van der Waals surface area contributed by atoms with E-state index in [0.29, 0.717) is 5.56 Å². The van der Waals surface area contributed by atoms with E-state index in [2.05, 4.69) is 0 Å². The molecule has 0 saturated carbocycles. The van der Waals surface area contributed by atoms with Gasteiger partial charge in [-0.3, -0.25) is 19.3 Å². The highest BCUT2D eigenvalue weighted by atomic mass is 16.2. The molecule has 0 N–H and O–H groups in total. The molecule has 2 rings (SSSR count). The Balaban J connectivity index is 2.13. The van der Waals surface area contributed by atoms with Crippen LogP contribution in [0.3, 0.4) is 0 Å². The molecule has 0 aliphatic carbocycles. The third-order valence-corrected chi connectivity index (χ3v) is 4.53. The number of amides is 2. The smallest absolute Gasteiger partial charge is 0.233 e. The van der Waals surface area contributed by atoms with Crippen molar-refractivity contribution in [1.82, 2.24) is 4.90 Å². The van der Waals surface area contributed by atoms with E-state index in [-0.39, 0.29) is 41.9 Å². The Bertz CT molecular complexity index is 660. The van der Waals surface area contributed by atoms with Gasteiger partial charge in [0.1, 0.15) is 0 Å². The maximum atomic E-state index is 12.5. The molecule has 1 heterocycles. The largest absolute Gasteiger partial charge is 0.294 e. The molecule has 130 valence electrons. The van der Waals surface area contributed by atoms with Crippen LogP contribution >= 0.6 is 0 Å². The summed E-state index contributed by atoms with van der Waals surface area (Å²) < 4.78 is 0. The number of ketones is 1. The van der Waals surface area contributed by atoms with E-state index in [1.54, 1.807) is 12.1 Å². The normalized spacial score (nSPS) is 19.1. The van der Waals surface area contributed by atoms with Crippen LogP contribution in [0, 0.1) is 16.7 Å². The van der Waals surface area contributed by atoms with Gasteiger partial charge in [-0.15, -0.1) is 0 Å². The second-order valence-electron chi connectivity index (χ2n) is 8.72. The summed E-state index contributed by atoms with van der Waals surface area (Å²) >= 11 is 0. The number of imide groups is 1. The number of hydrogen-bond acceptors (Lipinski definition) is 3. The molecule has 0 spiro atoms. The zero-order valence-corrected chi connectivity index (χ0v) is 15.5. The Morgan fingerprint density at radius 1 is 1.04 bits per heavy atom. The van der Waals surface area contributed by atoms with Gasteiger partial charge in [-0.25, -0.2) is 0 Å².